The number of carbonyl (C=O) groups is 1. The molecule has 5 nitrogen and oxygen atoms in total. The van der Waals surface area contributed by atoms with Crippen molar-refractivity contribution in [2.45, 2.75) is 52.9 Å². The number of aliphatic hydroxyl groups is 1. The average molecular weight is 260 g/mol. The number of ether oxygens (including phenoxy) is 1. The number of hydrogen-bond donors (Lipinski definition) is 3. The van der Waals surface area contributed by atoms with Gasteiger partial charge < -0.3 is 20.5 Å². The minimum absolute atomic E-state index is 0.0410. The van der Waals surface area contributed by atoms with Crippen molar-refractivity contribution in [2.75, 3.05) is 19.7 Å². The van der Waals surface area contributed by atoms with Gasteiger partial charge in [0, 0.05) is 13.1 Å². The number of carbonyl (C=O) groups excluding carboxylic acids is 1. The molecule has 0 saturated carbocycles. The molecule has 0 aromatic rings. The lowest BCUT2D eigenvalue weighted by Gasteiger charge is -2.18. The zero-order chi connectivity index (χ0) is 14.1. The summed E-state index contributed by atoms with van der Waals surface area (Å²) in [5, 5.41) is 15.5. The maximum Gasteiger partial charge on any atom is 0.236 e. The summed E-state index contributed by atoms with van der Waals surface area (Å²) < 4.78 is 5.28. The predicted molar refractivity (Wildman–Crippen MR) is 72.4 cm³/mol. The fourth-order valence-electron chi connectivity index (χ4n) is 1.23. The van der Waals surface area contributed by atoms with Gasteiger partial charge in [-0.3, -0.25) is 4.79 Å². The van der Waals surface area contributed by atoms with Crippen LogP contribution in [0.3, 0.4) is 0 Å². The first kappa shape index (κ1) is 17.4. The van der Waals surface area contributed by atoms with Crippen LogP contribution < -0.4 is 10.6 Å². The molecule has 0 rings (SSSR count). The van der Waals surface area contributed by atoms with Gasteiger partial charge in [0.05, 0.1) is 24.9 Å². The van der Waals surface area contributed by atoms with E-state index in [1.54, 1.807) is 6.92 Å². The molecule has 0 aliphatic heterocycles. The van der Waals surface area contributed by atoms with Gasteiger partial charge in [-0.2, -0.15) is 0 Å². The number of rotatable bonds is 9. The quantitative estimate of drug-likeness (QED) is 0.565. The Morgan fingerprint density at radius 1 is 1.17 bits per heavy atom. The van der Waals surface area contributed by atoms with E-state index in [-0.39, 0.29) is 24.7 Å². The van der Waals surface area contributed by atoms with Crippen LogP contribution in [0, 0.1) is 5.92 Å². The number of amides is 1. The van der Waals surface area contributed by atoms with Gasteiger partial charge in [-0.05, 0) is 26.7 Å². The Morgan fingerprint density at radius 3 is 2.28 bits per heavy atom. The third-order valence-corrected chi connectivity index (χ3v) is 2.36. The van der Waals surface area contributed by atoms with Crippen LogP contribution >= 0.6 is 0 Å². The van der Waals surface area contributed by atoms with Gasteiger partial charge in [-0.25, -0.2) is 0 Å². The molecule has 5 heteroatoms. The molecule has 0 fully saturated rings. The van der Waals surface area contributed by atoms with E-state index >= 15 is 0 Å². The molecule has 1 amide bonds. The number of hydrogen-bond acceptors (Lipinski definition) is 4. The lowest BCUT2D eigenvalue weighted by molar-refractivity contribution is -0.123. The Bertz CT molecular complexity index is 232. The topological polar surface area (TPSA) is 70.6 Å². The summed E-state index contributed by atoms with van der Waals surface area (Å²) in [5.41, 5.74) is 0. The Morgan fingerprint density at radius 2 is 1.78 bits per heavy atom. The van der Waals surface area contributed by atoms with Crippen LogP contribution in [0.5, 0.6) is 0 Å². The first-order valence-corrected chi connectivity index (χ1v) is 6.63. The van der Waals surface area contributed by atoms with E-state index in [4.69, 9.17) is 4.74 Å². The molecule has 0 aliphatic carbocycles. The molecule has 108 valence electrons. The van der Waals surface area contributed by atoms with Gasteiger partial charge in [-0.15, -0.1) is 0 Å². The second kappa shape index (κ2) is 9.30. The van der Waals surface area contributed by atoms with Gasteiger partial charge >= 0.3 is 0 Å². The van der Waals surface area contributed by atoms with E-state index in [1.807, 2.05) is 27.7 Å². The maximum atomic E-state index is 11.6. The summed E-state index contributed by atoms with van der Waals surface area (Å²) >= 11 is 0. The highest BCUT2D eigenvalue weighted by Gasteiger charge is 2.14. The maximum absolute atomic E-state index is 11.6. The largest absolute Gasteiger partial charge is 0.389 e. The van der Waals surface area contributed by atoms with Gasteiger partial charge in [0.2, 0.25) is 5.91 Å². The zero-order valence-electron chi connectivity index (χ0n) is 12.2. The minimum atomic E-state index is -0.590. The first-order chi connectivity index (χ1) is 8.32. The van der Waals surface area contributed by atoms with Crippen molar-refractivity contribution in [1.29, 1.82) is 0 Å². The summed E-state index contributed by atoms with van der Waals surface area (Å²) in [5.74, 6) is 0.395. The van der Waals surface area contributed by atoms with Crippen LogP contribution in [-0.2, 0) is 9.53 Å². The molecule has 0 saturated heterocycles. The molecule has 0 bridgehead atoms. The molecule has 0 spiro atoms. The predicted octanol–water partition coefficient (Wildman–Crippen LogP) is 0.523. The molecular formula is C13H28N2O3. The molecule has 2 atom stereocenters. The van der Waals surface area contributed by atoms with Crippen LogP contribution in [0.15, 0.2) is 0 Å². The highest BCUT2D eigenvalue weighted by atomic mass is 16.5. The van der Waals surface area contributed by atoms with Gasteiger partial charge in [-0.1, -0.05) is 13.8 Å². The van der Waals surface area contributed by atoms with E-state index in [0.29, 0.717) is 19.0 Å². The molecule has 0 aromatic carbocycles. The van der Waals surface area contributed by atoms with Crippen LogP contribution in [0.25, 0.3) is 0 Å². The molecule has 18 heavy (non-hydrogen) atoms. The van der Waals surface area contributed by atoms with Crippen molar-refractivity contribution < 1.29 is 14.6 Å². The molecule has 3 N–H and O–H groups in total. The van der Waals surface area contributed by atoms with Gasteiger partial charge in [0.25, 0.3) is 0 Å². The fourth-order valence-corrected chi connectivity index (χ4v) is 1.23. The Labute approximate surface area is 110 Å². The van der Waals surface area contributed by atoms with E-state index in [2.05, 4.69) is 10.6 Å². The van der Waals surface area contributed by atoms with Crippen molar-refractivity contribution in [1.82, 2.24) is 10.6 Å². The second-order valence-electron chi connectivity index (χ2n) is 5.30. The smallest absolute Gasteiger partial charge is 0.236 e. The highest BCUT2D eigenvalue weighted by molar-refractivity contribution is 5.81. The number of aliphatic hydroxyl groups excluding tert-OH is 1. The van der Waals surface area contributed by atoms with Crippen molar-refractivity contribution in [3.05, 3.63) is 0 Å². The zero-order valence-corrected chi connectivity index (χ0v) is 12.2. The van der Waals surface area contributed by atoms with Crippen LogP contribution in [-0.4, -0.2) is 49.0 Å². The fraction of sp³-hybridized carbons (Fsp3) is 0.923. The molecular weight excluding hydrogens is 232 g/mol. The first-order valence-electron chi connectivity index (χ1n) is 6.63. The summed E-state index contributed by atoms with van der Waals surface area (Å²) in [6, 6.07) is -0.308. The van der Waals surface area contributed by atoms with Crippen LogP contribution in [0.1, 0.15) is 34.6 Å². The van der Waals surface area contributed by atoms with Crippen molar-refractivity contribution >= 4 is 5.91 Å². The second-order valence-corrected chi connectivity index (χ2v) is 5.30. The van der Waals surface area contributed by atoms with Crippen molar-refractivity contribution in [3.8, 4) is 0 Å². The monoisotopic (exact) mass is 260 g/mol. The SMILES string of the molecule is CC(C)CNC(=O)C(C)NCC(O)COC(C)C. The normalized spacial score (nSPS) is 14.9. The van der Waals surface area contributed by atoms with Crippen molar-refractivity contribution in [2.24, 2.45) is 5.92 Å². The lowest BCUT2D eigenvalue weighted by Crippen LogP contribution is -2.46. The number of nitrogens with one attached hydrogen (secondary N) is 2. The highest BCUT2D eigenvalue weighted by Crippen LogP contribution is 1.93. The molecule has 0 heterocycles. The Kier molecular flexibility index (Phi) is 8.97. The summed E-state index contributed by atoms with van der Waals surface area (Å²) in [6.07, 6.45) is -0.487. The van der Waals surface area contributed by atoms with Crippen LogP contribution in [0.4, 0.5) is 0 Å². The molecule has 0 aliphatic rings. The third kappa shape index (κ3) is 9.39. The average Bonchev–Trinajstić information content (AvgIpc) is 2.30. The molecule has 0 aromatic heterocycles. The lowest BCUT2D eigenvalue weighted by atomic mass is 10.2. The summed E-state index contributed by atoms with van der Waals surface area (Å²) in [7, 11) is 0. The Hall–Kier alpha value is -0.650. The van der Waals surface area contributed by atoms with Crippen molar-refractivity contribution in [3.63, 3.8) is 0 Å². The van der Waals surface area contributed by atoms with Gasteiger partial charge in [0.1, 0.15) is 0 Å². The van der Waals surface area contributed by atoms with E-state index in [1.165, 1.54) is 0 Å². The standard InChI is InChI=1S/C13H28N2O3/c1-9(2)6-15-13(17)11(5)14-7-12(16)8-18-10(3)4/h9-12,14,16H,6-8H2,1-5H3,(H,15,17). The van der Waals surface area contributed by atoms with E-state index in [0.717, 1.165) is 0 Å². The van der Waals surface area contributed by atoms with E-state index < -0.39 is 6.10 Å². The summed E-state index contributed by atoms with van der Waals surface area (Å²) in [6.45, 7) is 11.0. The Balaban J connectivity index is 3.73. The summed E-state index contributed by atoms with van der Waals surface area (Å²) in [4.78, 5) is 11.6. The minimum Gasteiger partial charge on any atom is -0.389 e. The van der Waals surface area contributed by atoms with E-state index in [9.17, 15) is 9.90 Å². The third-order valence-electron chi connectivity index (χ3n) is 2.36. The van der Waals surface area contributed by atoms with Crippen LogP contribution in [0.2, 0.25) is 0 Å². The molecule has 2 unspecified atom stereocenters. The molecule has 0 radical (unpaired) electrons. The van der Waals surface area contributed by atoms with Gasteiger partial charge in [0.15, 0.2) is 0 Å².